The molecule has 0 spiro atoms. The van der Waals surface area contributed by atoms with E-state index in [4.69, 9.17) is 12.2 Å². The number of anilines is 1. The zero-order chi connectivity index (χ0) is 13.0. The number of phenolic OH excluding ortho intramolecular Hbond substituents is 1. The third kappa shape index (κ3) is 3.10. The Hall–Kier alpha value is -1.82. The van der Waals surface area contributed by atoms with Crippen molar-refractivity contribution in [3.8, 4) is 5.75 Å². The average molecular weight is 264 g/mol. The number of aromatic hydroxyl groups is 1. The van der Waals surface area contributed by atoms with Gasteiger partial charge in [0.2, 0.25) is 0 Å². The molecule has 0 saturated carbocycles. The number of aromatic amines is 2. The van der Waals surface area contributed by atoms with Gasteiger partial charge in [-0.25, -0.2) is 0 Å². The summed E-state index contributed by atoms with van der Waals surface area (Å²) < 4.78 is 0.550. The molecule has 5 nitrogen and oxygen atoms in total. The van der Waals surface area contributed by atoms with Gasteiger partial charge in [0.1, 0.15) is 11.6 Å². The van der Waals surface area contributed by atoms with Crippen molar-refractivity contribution in [2.24, 2.45) is 0 Å². The number of aromatic nitrogens is 3. The monoisotopic (exact) mass is 264 g/mol. The van der Waals surface area contributed by atoms with Gasteiger partial charge >= 0.3 is 0 Å². The number of nitrogens with zero attached hydrogens (tertiary/aromatic N) is 1. The van der Waals surface area contributed by atoms with Gasteiger partial charge in [0, 0.05) is 13.0 Å². The van der Waals surface area contributed by atoms with E-state index >= 15 is 0 Å². The first-order chi connectivity index (χ1) is 8.66. The number of benzene rings is 1. The van der Waals surface area contributed by atoms with Gasteiger partial charge < -0.3 is 15.4 Å². The smallest absolute Gasteiger partial charge is 0.192 e. The fraction of sp³-hybridized carbons (Fsp3) is 0.333. The van der Waals surface area contributed by atoms with E-state index in [1.54, 1.807) is 0 Å². The van der Waals surface area contributed by atoms with Crippen LogP contribution in [0, 0.1) is 11.7 Å². The summed E-state index contributed by atoms with van der Waals surface area (Å²) in [7, 11) is 0. The minimum absolute atomic E-state index is 0.316. The second kappa shape index (κ2) is 5.68. The fourth-order valence-electron chi connectivity index (χ4n) is 1.70. The molecule has 0 saturated heterocycles. The normalized spacial score (nSPS) is 10.5. The second-order valence-corrected chi connectivity index (χ2v) is 4.53. The number of phenols is 1. The highest BCUT2D eigenvalue weighted by Crippen LogP contribution is 2.26. The molecule has 0 bridgehead atoms. The van der Waals surface area contributed by atoms with Crippen LogP contribution in [0.2, 0.25) is 0 Å². The molecule has 4 N–H and O–H groups in total. The SMILES string of the molecule is Cc1cccc(NCCCc2n[nH]c(=S)[nH]2)c1O. The lowest BCUT2D eigenvalue weighted by Crippen LogP contribution is -2.04. The average Bonchev–Trinajstić information content (AvgIpc) is 2.76. The van der Waals surface area contributed by atoms with Gasteiger partial charge in [-0.2, -0.15) is 5.10 Å². The number of rotatable bonds is 5. The standard InChI is InChI=1S/C12H16N4OS/c1-8-4-2-5-9(11(8)17)13-7-3-6-10-14-12(18)16-15-10/h2,4-5,13,17H,3,6-7H2,1H3,(H2,14,15,16,18). The van der Waals surface area contributed by atoms with E-state index in [-0.39, 0.29) is 0 Å². The molecule has 0 aliphatic heterocycles. The Labute approximate surface area is 110 Å². The molecule has 1 heterocycles. The summed E-state index contributed by atoms with van der Waals surface area (Å²) in [5.41, 5.74) is 1.64. The minimum Gasteiger partial charge on any atom is -0.506 e. The summed E-state index contributed by atoms with van der Waals surface area (Å²) in [6.07, 6.45) is 1.72. The third-order valence-electron chi connectivity index (χ3n) is 2.69. The third-order valence-corrected chi connectivity index (χ3v) is 2.89. The molecule has 2 aromatic rings. The molecule has 0 atom stereocenters. The Morgan fingerprint density at radius 2 is 2.28 bits per heavy atom. The van der Waals surface area contributed by atoms with Gasteiger partial charge in [-0.05, 0) is 37.2 Å². The van der Waals surface area contributed by atoms with Crippen LogP contribution in [0.15, 0.2) is 18.2 Å². The molecule has 0 aliphatic carbocycles. The Kier molecular flexibility index (Phi) is 3.99. The van der Waals surface area contributed by atoms with Crippen molar-refractivity contribution < 1.29 is 5.11 Å². The summed E-state index contributed by atoms with van der Waals surface area (Å²) >= 11 is 4.90. The highest BCUT2D eigenvalue weighted by molar-refractivity contribution is 7.71. The molecule has 6 heteroatoms. The maximum absolute atomic E-state index is 9.82. The van der Waals surface area contributed by atoms with Crippen LogP contribution in [0.1, 0.15) is 17.8 Å². The lowest BCUT2D eigenvalue weighted by Gasteiger charge is -2.09. The van der Waals surface area contributed by atoms with Crippen molar-refractivity contribution in [1.82, 2.24) is 15.2 Å². The van der Waals surface area contributed by atoms with Crippen LogP contribution < -0.4 is 5.32 Å². The molecule has 1 aromatic heterocycles. The fourth-order valence-corrected chi connectivity index (χ4v) is 1.87. The van der Waals surface area contributed by atoms with E-state index in [2.05, 4.69) is 20.5 Å². The van der Waals surface area contributed by atoms with E-state index < -0.39 is 0 Å². The Balaban J connectivity index is 1.82. The molecular formula is C12H16N4OS. The second-order valence-electron chi connectivity index (χ2n) is 4.13. The molecule has 2 rings (SSSR count). The lowest BCUT2D eigenvalue weighted by molar-refractivity contribution is 0.473. The van der Waals surface area contributed by atoms with Crippen LogP contribution in [-0.4, -0.2) is 26.8 Å². The van der Waals surface area contributed by atoms with Crippen molar-refractivity contribution in [1.29, 1.82) is 0 Å². The molecule has 0 aliphatic rings. The summed E-state index contributed by atoms with van der Waals surface area (Å²) in [5.74, 6) is 1.17. The first-order valence-corrected chi connectivity index (χ1v) is 6.23. The van der Waals surface area contributed by atoms with Crippen molar-refractivity contribution in [2.75, 3.05) is 11.9 Å². The quantitative estimate of drug-likeness (QED) is 0.380. The number of hydrogen-bond donors (Lipinski definition) is 4. The summed E-state index contributed by atoms with van der Waals surface area (Å²) in [6, 6.07) is 5.66. The predicted molar refractivity (Wildman–Crippen MR) is 73.4 cm³/mol. The maximum atomic E-state index is 9.82. The molecule has 18 heavy (non-hydrogen) atoms. The zero-order valence-corrected chi connectivity index (χ0v) is 11.0. The van der Waals surface area contributed by atoms with Crippen molar-refractivity contribution >= 4 is 17.9 Å². The van der Waals surface area contributed by atoms with Crippen LogP contribution in [-0.2, 0) is 6.42 Å². The van der Waals surface area contributed by atoms with Gasteiger partial charge in [0.05, 0.1) is 5.69 Å². The number of H-pyrrole nitrogens is 2. The van der Waals surface area contributed by atoms with E-state index in [1.165, 1.54) is 0 Å². The van der Waals surface area contributed by atoms with E-state index in [0.29, 0.717) is 10.5 Å². The first-order valence-electron chi connectivity index (χ1n) is 5.83. The van der Waals surface area contributed by atoms with Gasteiger partial charge in [-0.1, -0.05) is 12.1 Å². The van der Waals surface area contributed by atoms with Crippen LogP contribution in [0.25, 0.3) is 0 Å². The topological polar surface area (TPSA) is 76.7 Å². The van der Waals surface area contributed by atoms with Crippen LogP contribution in [0.3, 0.4) is 0 Å². The number of aryl methyl sites for hydroxylation is 2. The van der Waals surface area contributed by atoms with Gasteiger partial charge in [-0.15, -0.1) is 0 Å². The van der Waals surface area contributed by atoms with E-state index in [9.17, 15) is 5.11 Å². The molecule has 1 aromatic carbocycles. The Bertz CT molecular complexity index is 575. The Morgan fingerprint density at radius 1 is 1.44 bits per heavy atom. The summed E-state index contributed by atoms with van der Waals surface area (Å²) in [5, 5.41) is 19.7. The number of hydrogen-bond acceptors (Lipinski definition) is 4. The van der Waals surface area contributed by atoms with Crippen molar-refractivity contribution in [3.05, 3.63) is 34.4 Å². The molecule has 0 amide bonds. The summed E-state index contributed by atoms with van der Waals surface area (Å²) in [4.78, 5) is 2.97. The van der Waals surface area contributed by atoms with Crippen LogP contribution >= 0.6 is 12.2 Å². The van der Waals surface area contributed by atoms with E-state index in [0.717, 1.165) is 36.5 Å². The maximum Gasteiger partial charge on any atom is 0.192 e. The Morgan fingerprint density at radius 3 is 3.00 bits per heavy atom. The van der Waals surface area contributed by atoms with Crippen LogP contribution in [0.5, 0.6) is 5.75 Å². The predicted octanol–water partition coefficient (Wildman–Crippen LogP) is 2.53. The van der Waals surface area contributed by atoms with E-state index in [1.807, 2.05) is 25.1 Å². The molecule has 0 unspecified atom stereocenters. The molecular weight excluding hydrogens is 248 g/mol. The van der Waals surface area contributed by atoms with Gasteiger partial charge in [0.15, 0.2) is 4.77 Å². The highest BCUT2D eigenvalue weighted by atomic mass is 32.1. The van der Waals surface area contributed by atoms with Gasteiger partial charge in [-0.3, -0.25) is 5.10 Å². The minimum atomic E-state index is 0.316. The van der Waals surface area contributed by atoms with Crippen LogP contribution in [0.4, 0.5) is 5.69 Å². The highest BCUT2D eigenvalue weighted by Gasteiger charge is 2.02. The number of nitrogens with one attached hydrogen (secondary N) is 3. The molecule has 0 radical (unpaired) electrons. The number of para-hydroxylation sites is 1. The van der Waals surface area contributed by atoms with Crippen molar-refractivity contribution in [2.45, 2.75) is 19.8 Å². The van der Waals surface area contributed by atoms with Crippen molar-refractivity contribution in [3.63, 3.8) is 0 Å². The molecule has 96 valence electrons. The largest absolute Gasteiger partial charge is 0.506 e. The summed E-state index contributed by atoms with van der Waals surface area (Å²) in [6.45, 7) is 2.65. The first kappa shape index (κ1) is 12.6. The van der Waals surface area contributed by atoms with Gasteiger partial charge in [0.25, 0.3) is 0 Å². The molecule has 0 fully saturated rings. The zero-order valence-electron chi connectivity index (χ0n) is 10.2. The lowest BCUT2D eigenvalue weighted by atomic mass is 10.2.